The Morgan fingerprint density at radius 3 is 2.14 bits per heavy atom. The van der Waals surface area contributed by atoms with Crippen LogP contribution in [0.2, 0.25) is 0 Å². The molecule has 2 aromatic heterocycles. The van der Waals surface area contributed by atoms with Gasteiger partial charge in [0.25, 0.3) is 0 Å². The van der Waals surface area contributed by atoms with Crippen molar-refractivity contribution in [1.29, 1.82) is 0 Å². The lowest BCUT2D eigenvalue weighted by Crippen LogP contribution is -2.14. The molecule has 0 saturated carbocycles. The summed E-state index contributed by atoms with van der Waals surface area (Å²) in [4.78, 5) is 1.43. The molecule has 5 aromatic carbocycles. The van der Waals surface area contributed by atoms with E-state index in [4.69, 9.17) is 0 Å². The van der Waals surface area contributed by atoms with Gasteiger partial charge in [0.1, 0.15) is 0 Å². The summed E-state index contributed by atoms with van der Waals surface area (Å²) in [5.41, 5.74) is 10.6. The molecule has 8 rings (SSSR count). The predicted octanol–water partition coefficient (Wildman–Crippen LogP) is 9.97. The average Bonchev–Trinajstić information content (AvgIpc) is 3.56. The Morgan fingerprint density at radius 2 is 1.32 bits per heavy atom. The van der Waals surface area contributed by atoms with E-state index in [0.29, 0.717) is 0 Å². The topological polar surface area (TPSA) is 4.93 Å². The average molecular weight is 492 g/mol. The second kappa shape index (κ2) is 7.44. The highest BCUT2D eigenvalue weighted by atomic mass is 32.1. The minimum atomic E-state index is -0.0120. The number of rotatable bonds is 2. The number of benzene rings is 5. The molecular formula is C35H25NS. The van der Waals surface area contributed by atoms with Gasteiger partial charge < -0.3 is 4.57 Å². The molecule has 7 aromatic rings. The third-order valence-electron chi connectivity index (χ3n) is 8.17. The van der Waals surface area contributed by atoms with Gasteiger partial charge in [-0.3, -0.25) is 0 Å². The van der Waals surface area contributed by atoms with Gasteiger partial charge in [-0.05, 0) is 57.5 Å². The van der Waals surface area contributed by atoms with Gasteiger partial charge in [-0.2, -0.15) is 0 Å². The fraction of sp³-hybridized carbons (Fsp3) is 0.0857. The van der Waals surface area contributed by atoms with E-state index in [1.807, 2.05) is 11.3 Å². The summed E-state index contributed by atoms with van der Waals surface area (Å²) < 4.78 is 3.86. The maximum atomic E-state index is 2.48. The van der Waals surface area contributed by atoms with Crippen LogP contribution in [0.15, 0.2) is 115 Å². The highest BCUT2D eigenvalue weighted by Crippen LogP contribution is 2.56. The minimum absolute atomic E-state index is 0.0120. The van der Waals surface area contributed by atoms with Gasteiger partial charge >= 0.3 is 0 Å². The first-order valence-electron chi connectivity index (χ1n) is 12.9. The van der Waals surface area contributed by atoms with Crippen molar-refractivity contribution in [1.82, 2.24) is 4.57 Å². The summed E-state index contributed by atoms with van der Waals surface area (Å²) >= 11 is 1.96. The molecular weight excluding hydrogens is 466 g/mol. The van der Waals surface area contributed by atoms with Crippen LogP contribution in [0.25, 0.3) is 59.1 Å². The number of hydrogen-bond donors (Lipinski definition) is 0. The van der Waals surface area contributed by atoms with Crippen molar-refractivity contribution >= 4 is 43.2 Å². The van der Waals surface area contributed by atoms with Crippen LogP contribution in [-0.2, 0) is 5.41 Å². The summed E-state index contributed by atoms with van der Waals surface area (Å²) in [5, 5.41) is 4.00. The highest BCUT2D eigenvalue weighted by molar-refractivity contribution is 7.23. The van der Waals surface area contributed by atoms with Gasteiger partial charge in [0.05, 0.1) is 15.7 Å². The third-order valence-corrected chi connectivity index (χ3v) is 9.42. The lowest BCUT2D eigenvalue weighted by atomic mass is 9.81. The first-order chi connectivity index (χ1) is 18.1. The third kappa shape index (κ3) is 2.79. The lowest BCUT2D eigenvalue weighted by molar-refractivity contribution is 0.667. The summed E-state index contributed by atoms with van der Waals surface area (Å²) in [6, 6.07) is 42.2. The standard InChI is InChI=1S/C35H25NS/c1-35(2)29-16-10-9-15-26(29)33-31(35)27-19-18-25-28-21-23(22-11-5-3-6-12-22)17-20-30(28)36(32(25)34(27)37-33)24-13-7-4-8-14-24/h3-21H,1-2H3. The van der Waals surface area contributed by atoms with Crippen LogP contribution in [0.5, 0.6) is 0 Å². The van der Waals surface area contributed by atoms with Gasteiger partial charge in [-0.15, -0.1) is 11.3 Å². The zero-order valence-electron chi connectivity index (χ0n) is 20.8. The molecule has 0 saturated heterocycles. The van der Waals surface area contributed by atoms with Gasteiger partial charge in [0.15, 0.2) is 0 Å². The summed E-state index contributed by atoms with van der Waals surface area (Å²) in [7, 11) is 0. The molecule has 1 aliphatic rings. The monoisotopic (exact) mass is 491 g/mol. The first-order valence-corrected chi connectivity index (χ1v) is 13.7. The minimum Gasteiger partial charge on any atom is -0.308 e. The van der Waals surface area contributed by atoms with Crippen molar-refractivity contribution in [3.8, 4) is 27.3 Å². The van der Waals surface area contributed by atoms with Gasteiger partial charge in [-0.25, -0.2) is 0 Å². The summed E-state index contributed by atoms with van der Waals surface area (Å²) in [6.45, 7) is 4.76. The van der Waals surface area contributed by atoms with E-state index < -0.39 is 0 Å². The molecule has 2 heterocycles. The van der Waals surface area contributed by atoms with Crippen molar-refractivity contribution < 1.29 is 0 Å². The molecule has 0 amide bonds. The SMILES string of the molecule is CC1(C)c2ccccc2-c2sc3c(ccc4c5cc(-c6ccccc6)ccc5n(-c5ccccc5)c43)c21. The number of thiophene rings is 1. The summed E-state index contributed by atoms with van der Waals surface area (Å²) in [5.74, 6) is 0. The number of aromatic nitrogens is 1. The van der Waals surface area contributed by atoms with Gasteiger partial charge in [0.2, 0.25) is 0 Å². The van der Waals surface area contributed by atoms with Gasteiger partial charge in [0, 0.05) is 26.8 Å². The number of fused-ring (bicyclic) bond motifs is 9. The van der Waals surface area contributed by atoms with Gasteiger partial charge in [-0.1, -0.05) is 105 Å². The molecule has 37 heavy (non-hydrogen) atoms. The number of nitrogens with zero attached hydrogens (tertiary/aromatic N) is 1. The van der Waals surface area contributed by atoms with Crippen LogP contribution in [0, 0.1) is 0 Å². The number of para-hydroxylation sites is 1. The van der Waals surface area contributed by atoms with E-state index in [1.165, 1.54) is 70.3 Å². The smallest absolute Gasteiger partial charge is 0.0719 e. The Hall–Kier alpha value is -4.14. The van der Waals surface area contributed by atoms with Crippen LogP contribution in [0.4, 0.5) is 0 Å². The quantitative estimate of drug-likeness (QED) is 0.227. The fourth-order valence-corrected chi connectivity index (χ4v) is 8.02. The molecule has 1 nitrogen and oxygen atoms in total. The molecule has 0 atom stereocenters. The second-order valence-electron chi connectivity index (χ2n) is 10.6. The zero-order chi connectivity index (χ0) is 24.7. The molecule has 0 spiro atoms. The fourth-order valence-electron chi connectivity index (χ4n) is 6.48. The Bertz CT molecular complexity index is 1990. The predicted molar refractivity (Wildman–Crippen MR) is 159 cm³/mol. The van der Waals surface area contributed by atoms with E-state index in [2.05, 4.69) is 134 Å². The molecule has 0 fully saturated rings. The van der Waals surface area contributed by atoms with Crippen LogP contribution >= 0.6 is 11.3 Å². The zero-order valence-corrected chi connectivity index (χ0v) is 21.6. The molecule has 0 unspecified atom stereocenters. The van der Waals surface area contributed by atoms with E-state index in [9.17, 15) is 0 Å². The summed E-state index contributed by atoms with van der Waals surface area (Å²) in [6.07, 6.45) is 0. The van der Waals surface area contributed by atoms with E-state index in [0.717, 1.165) is 0 Å². The van der Waals surface area contributed by atoms with Crippen molar-refractivity contribution in [2.45, 2.75) is 19.3 Å². The van der Waals surface area contributed by atoms with E-state index >= 15 is 0 Å². The molecule has 0 radical (unpaired) electrons. The molecule has 0 aliphatic heterocycles. The molecule has 176 valence electrons. The Labute approximate surface area is 220 Å². The van der Waals surface area contributed by atoms with E-state index in [-0.39, 0.29) is 5.41 Å². The molecule has 1 aliphatic carbocycles. The lowest BCUT2D eigenvalue weighted by Gasteiger charge is -2.21. The Kier molecular flexibility index (Phi) is 4.22. The van der Waals surface area contributed by atoms with Crippen LogP contribution in [-0.4, -0.2) is 4.57 Å². The van der Waals surface area contributed by atoms with Crippen molar-refractivity contribution in [2.75, 3.05) is 0 Å². The highest BCUT2D eigenvalue weighted by Gasteiger charge is 2.39. The molecule has 2 heteroatoms. The second-order valence-corrected chi connectivity index (χ2v) is 11.6. The molecule has 0 N–H and O–H groups in total. The van der Waals surface area contributed by atoms with Crippen molar-refractivity contribution in [3.05, 3.63) is 126 Å². The Balaban J connectivity index is 1.52. The number of hydrogen-bond acceptors (Lipinski definition) is 1. The van der Waals surface area contributed by atoms with E-state index in [1.54, 1.807) is 0 Å². The van der Waals surface area contributed by atoms with Crippen molar-refractivity contribution in [2.24, 2.45) is 0 Å². The first kappa shape index (κ1) is 21.0. The Morgan fingerprint density at radius 1 is 0.622 bits per heavy atom. The normalized spacial score (nSPS) is 13.9. The maximum Gasteiger partial charge on any atom is 0.0719 e. The largest absolute Gasteiger partial charge is 0.308 e. The molecule has 0 bridgehead atoms. The maximum absolute atomic E-state index is 2.48. The van der Waals surface area contributed by atoms with Crippen LogP contribution in [0.3, 0.4) is 0 Å². The van der Waals surface area contributed by atoms with Crippen LogP contribution < -0.4 is 0 Å². The van der Waals surface area contributed by atoms with Crippen molar-refractivity contribution in [3.63, 3.8) is 0 Å². The van der Waals surface area contributed by atoms with Crippen LogP contribution in [0.1, 0.15) is 25.0 Å².